The summed E-state index contributed by atoms with van der Waals surface area (Å²) >= 11 is 0. The van der Waals surface area contributed by atoms with Crippen molar-refractivity contribution in [1.82, 2.24) is 36.1 Å². The highest BCUT2D eigenvalue weighted by atomic mass is 16.3. The van der Waals surface area contributed by atoms with Crippen molar-refractivity contribution < 1.29 is 33.9 Å². The first-order chi connectivity index (χ1) is 28.5. The molecule has 4 heterocycles. The van der Waals surface area contributed by atoms with Gasteiger partial charge in [-0.3, -0.25) is 28.8 Å². The van der Waals surface area contributed by atoms with E-state index in [0.29, 0.717) is 50.8 Å². The number of phenolic OH excluding ortho intramolecular Hbond substituents is 1. The molecule has 14 nitrogen and oxygen atoms in total. The van der Waals surface area contributed by atoms with E-state index in [1.165, 1.54) is 21.9 Å². The van der Waals surface area contributed by atoms with Gasteiger partial charge in [-0.05, 0) is 66.5 Å². The molecule has 3 saturated heterocycles. The van der Waals surface area contributed by atoms with Crippen LogP contribution in [0.2, 0.25) is 0 Å². The molecule has 0 bridgehead atoms. The third-order valence-electron chi connectivity index (χ3n) is 12.1. The first-order valence-corrected chi connectivity index (χ1v) is 20.7. The van der Waals surface area contributed by atoms with Crippen LogP contribution in [0.4, 0.5) is 0 Å². The van der Waals surface area contributed by atoms with Gasteiger partial charge in [0, 0.05) is 49.5 Å². The topological polar surface area (TPSA) is 193 Å². The molecule has 7 rings (SSSR count). The lowest BCUT2D eigenvalue weighted by Crippen LogP contribution is -2.62. The average molecular weight is 804 g/mol. The molecule has 6 N–H and O–H groups in total. The van der Waals surface area contributed by atoms with Crippen LogP contribution in [0.3, 0.4) is 0 Å². The summed E-state index contributed by atoms with van der Waals surface area (Å²) in [5, 5.41) is 22.5. The minimum atomic E-state index is -1.21. The molecule has 0 spiro atoms. The Balaban J connectivity index is 1.28. The Hall–Kier alpha value is -6.18. The van der Waals surface area contributed by atoms with Crippen LogP contribution in [-0.2, 0) is 48.0 Å². The van der Waals surface area contributed by atoms with E-state index in [0.717, 1.165) is 22.0 Å². The molecule has 3 aliphatic heterocycles. The number of phenols is 1. The molecule has 7 atom stereocenters. The molecule has 3 aliphatic rings. The number of aromatic amines is 1. The standard InChI is InChI=1S/C45H53N7O7/c1-3-27(2)39-43(57)49-36(25-30-26-46-33-14-8-7-13-32(30)33)44(58)52-22-10-16-38(52)45(59)51-21-9-15-37(51)42(56)48-34(23-28-11-5-4-6-12-28)40(54)47-35(41(55)50-39)24-29-17-19-31(53)20-18-29/h4-8,11-14,17-20,26-27,34-39,46,53H,3,9-10,15-16,21-25H2,1-2H3,(H,47,54)(H,48,56)(H,49,57)(H,50,55)/t27-,34-,35-,36+,37+,38-,39-/m0/s1. The highest BCUT2D eigenvalue weighted by Crippen LogP contribution is 2.28. The van der Waals surface area contributed by atoms with Gasteiger partial charge < -0.3 is 41.2 Å². The summed E-state index contributed by atoms with van der Waals surface area (Å²) in [5.41, 5.74) is 3.06. The van der Waals surface area contributed by atoms with Crippen LogP contribution in [0, 0.1) is 5.92 Å². The monoisotopic (exact) mass is 803 g/mol. The Labute approximate surface area is 343 Å². The SMILES string of the molecule is CC[C@H](C)[C@@H]1NC(=O)[C@H](Cc2ccc(O)cc2)NC(=O)[C@H](Cc2ccccc2)NC(=O)[C@H]2CCCN2C(=O)[C@@H]2CCCN2C(=O)[C@@H](Cc2c[nH]c3ccccc23)NC1=O. The molecule has 1 aromatic heterocycles. The van der Waals surface area contributed by atoms with Crippen molar-refractivity contribution in [3.63, 3.8) is 0 Å². The summed E-state index contributed by atoms with van der Waals surface area (Å²) in [6.07, 6.45) is 4.43. The normalized spacial score (nSPS) is 25.3. The van der Waals surface area contributed by atoms with Gasteiger partial charge in [0.15, 0.2) is 0 Å². The molecular weight excluding hydrogens is 751 g/mol. The van der Waals surface area contributed by atoms with Gasteiger partial charge in [0.2, 0.25) is 35.4 Å². The van der Waals surface area contributed by atoms with Crippen molar-refractivity contribution in [3.8, 4) is 5.75 Å². The molecule has 3 aromatic carbocycles. The summed E-state index contributed by atoms with van der Waals surface area (Å²) in [7, 11) is 0. The molecule has 0 aliphatic carbocycles. The lowest BCUT2D eigenvalue weighted by Gasteiger charge is -2.34. The molecule has 0 unspecified atom stereocenters. The summed E-state index contributed by atoms with van der Waals surface area (Å²) in [4.78, 5) is 93.1. The van der Waals surface area contributed by atoms with Gasteiger partial charge in [0.05, 0.1) is 0 Å². The second-order valence-electron chi connectivity index (χ2n) is 16.1. The molecular formula is C45H53N7O7. The van der Waals surface area contributed by atoms with Crippen molar-refractivity contribution in [2.24, 2.45) is 5.92 Å². The number of hydrogen-bond donors (Lipinski definition) is 6. The van der Waals surface area contributed by atoms with E-state index in [1.807, 2.05) is 74.6 Å². The zero-order valence-corrected chi connectivity index (χ0v) is 33.5. The van der Waals surface area contributed by atoms with Crippen LogP contribution in [0.5, 0.6) is 5.75 Å². The van der Waals surface area contributed by atoms with E-state index in [1.54, 1.807) is 12.1 Å². The quantitative estimate of drug-likeness (QED) is 0.158. The Bertz CT molecular complexity index is 2170. The van der Waals surface area contributed by atoms with Crippen LogP contribution in [0.15, 0.2) is 85.1 Å². The minimum Gasteiger partial charge on any atom is -0.508 e. The van der Waals surface area contributed by atoms with Crippen molar-refractivity contribution in [2.75, 3.05) is 13.1 Å². The Morgan fingerprint density at radius 2 is 1.20 bits per heavy atom. The largest absolute Gasteiger partial charge is 0.508 e. The summed E-state index contributed by atoms with van der Waals surface area (Å²) in [6, 6.07) is 16.8. The molecule has 14 heteroatoms. The maximum absolute atomic E-state index is 14.8. The number of rotatable bonds is 8. The molecule has 0 saturated carbocycles. The Morgan fingerprint density at radius 1 is 0.627 bits per heavy atom. The average Bonchev–Trinajstić information content (AvgIpc) is 4.03. The second-order valence-corrected chi connectivity index (χ2v) is 16.1. The number of para-hydroxylation sites is 1. The van der Waals surface area contributed by atoms with Gasteiger partial charge in [0.1, 0.15) is 42.0 Å². The van der Waals surface area contributed by atoms with Gasteiger partial charge in [-0.1, -0.05) is 80.9 Å². The molecule has 4 aromatic rings. The van der Waals surface area contributed by atoms with E-state index in [-0.39, 0.29) is 30.9 Å². The summed E-state index contributed by atoms with van der Waals surface area (Å²) < 4.78 is 0. The number of benzene rings is 3. The van der Waals surface area contributed by atoms with Crippen LogP contribution >= 0.6 is 0 Å². The van der Waals surface area contributed by atoms with E-state index in [9.17, 15) is 33.9 Å². The first-order valence-electron chi connectivity index (χ1n) is 20.7. The zero-order valence-electron chi connectivity index (χ0n) is 33.5. The number of amides is 6. The van der Waals surface area contributed by atoms with Crippen molar-refractivity contribution in [3.05, 3.63) is 102 Å². The zero-order chi connectivity index (χ0) is 41.6. The second kappa shape index (κ2) is 18.2. The number of H-pyrrole nitrogens is 1. The van der Waals surface area contributed by atoms with Crippen LogP contribution in [0.1, 0.15) is 62.6 Å². The third-order valence-corrected chi connectivity index (χ3v) is 12.1. The summed E-state index contributed by atoms with van der Waals surface area (Å²) in [6.45, 7) is 4.33. The first kappa shape index (κ1) is 41.0. The number of aromatic nitrogens is 1. The molecule has 59 heavy (non-hydrogen) atoms. The fourth-order valence-electron chi connectivity index (χ4n) is 8.60. The van der Waals surface area contributed by atoms with Crippen molar-refractivity contribution >= 4 is 46.3 Å². The van der Waals surface area contributed by atoms with Crippen molar-refractivity contribution in [1.29, 1.82) is 0 Å². The van der Waals surface area contributed by atoms with Crippen LogP contribution in [-0.4, -0.2) is 105 Å². The lowest BCUT2D eigenvalue weighted by molar-refractivity contribution is -0.148. The highest BCUT2D eigenvalue weighted by molar-refractivity contribution is 5.99. The number of fused-ring (bicyclic) bond motifs is 3. The van der Waals surface area contributed by atoms with Gasteiger partial charge >= 0.3 is 0 Å². The minimum absolute atomic E-state index is 0.00162. The smallest absolute Gasteiger partial charge is 0.246 e. The van der Waals surface area contributed by atoms with Crippen LogP contribution < -0.4 is 21.3 Å². The predicted molar refractivity (Wildman–Crippen MR) is 221 cm³/mol. The maximum atomic E-state index is 14.8. The molecule has 3 fully saturated rings. The third kappa shape index (κ3) is 9.27. The van der Waals surface area contributed by atoms with Gasteiger partial charge in [0.25, 0.3) is 0 Å². The lowest BCUT2D eigenvalue weighted by atomic mass is 9.95. The van der Waals surface area contributed by atoms with Gasteiger partial charge in [-0.25, -0.2) is 0 Å². The number of carbonyl (C=O) groups is 6. The number of carbonyl (C=O) groups excluding carboxylic acids is 6. The summed E-state index contributed by atoms with van der Waals surface area (Å²) in [5.74, 6) is -3.44. The van der Waals surface area contributed by atoms with E-state index < -0.39 is 71.7 Å². The fourth-order valence-corrected chi connectivity index (χ4v) is 8.60. The Kier molecular flexibility index (Phi) is 12.6. The Morgan fingerprint density at radius 3 is 1.90 bits per heavy atom. The number of hydrogen-bond acceptors (Lipinski definition) is 7. The predicted octanol–water partition coefficient (Wildman–Crippen LogP) is 2.88. The molecule has 0 radical (unpaired) electrons. The maximum Gasteiger partial charge on any atom is 0.246 e. The molecule has 310 valence electrons. The van der Waals surface area contributed by atoms with Gasteiger partial charge in [-0.2, -0.15) is 0 Å². The van der Waals surface area contributed by atoms with Gasteiger partial charge in [-0.15, -0.1) is 0 Å². The van der Waals surface area contributed by atoms with E-state index in [2.05, 4.69) is 26.3 Å². The number of aromatic hydroxyl groups is 1. The number of nitrogens with one attached hydrogen (secondary N) is 5. The highest BCUT2D eigenvalue weighted by Gasteiger charge is 2.45. The number of nitrogens with zero attached hydrogens (tertiary/aromatic N) is 2. The fraction of sp³-hybridized carbons (Fsp3) is 0.422. The van der Waals surface area contributed by atoms with E-state index in [4.69, 9.17) is 0 Å². The van der Waals surface area contributed by atoms with E-state index >= 15 is 0 Å². The molecule has 6 amide bonds. The van der Waals surface area contributed by atoms with Crippen molar-refractivity contribution in [2.45, 2.75) is 101 Å². The van der Waals surface area contributed by atoms with Crippen LogP contribution in [0.25, 0.3) is 10.9 Å².